The van der Waals surface area contributed by atoms with E-state index in [4.69, 9.17) is 0 Å². The number of benzene rings is 4. The van der Waals surface area contributed by atoms with Crippen LogP contribution in [0.2, 0.25) is 0 Å². The predicted octanol–water partition coefficient (Wildman–Crippen LogP) is 4.73. The zero-order valence-electron chi connectivity index (χ0n) is 16.0. The summed E-state index contributed by atoms with van der Waals surface area (Å²) in [6, 6.07) is 36.8. The van der Waals surface area contributed by atoms with Gasteiger partial charge in [0.25, 0.3) is 0 Å². The molecule has 0 radical (unpaired) electrons. The van der Waals surface area contributed by atoms with Crippen molar-refractivity contribution in [2.75, 3.05) is 6.16 Å². The van der Waals surface area contributed by atoms with Crippen LogP contribution in [0.4, 0.5) is 4.39 Å². The summed E-state index contributed by atoms with van der Waals surface area (Å²) in [6.07, 6.45) is 0.386. The van der Waals surface area contributed by atoms with E-state index >= 15 is 0 Å². The fourth-order valence-electron chi connectivity index (χ4n) is 3.95. The first-order valence-corrected chi connectivity index (χ1v) is 11.9. The molecule has 4 aromatic carbocycles. The molecule has 0 spiro atoms. The molecule has 0 unspecified atom stereocenters. The number of carbonyl (C=O) groups is 1. The van der Waals surface area contributed by atoms with E-state index in [1.807, 2.05) is 54.6 Å². The number of ketones is 1. The van der Waals surface area contributed by atoms with Gasteiger partial charge in [-0.3, -0.25) is 0 Å². The molecular formula is C26H22FOP. The molecule has 4 aromatic rings. The van der Waals surface area contributed by atoms with Crippen molar-refractivity contribution in [1.82, 2.24) is 0 Å². The summed E-state index contributed by atoms with van der Waals surface area (Å²) < 4.78 is 13.4. The van der Waals surface area contributed by atoms with Crippen molar-refractivity contribution in [3.8, 4) is 0 Å². The number of hydrogen-bond acceptors (Lipinski definition) is 1. The summed E-state index contributed by atoms with van der Waals surface area (Å²) in [6.45, 7) is 0. The van der Waals surface area contributed by atoms with Gasteiger partial charge in [-0.25, -0.2) is 0 Å². The Hall–Kier alpha value is -3.09. The number of rotatable bonds is 6. The number of Topliss-reactive ketones (excluding diaryl/α,β-unsaturated/α-hetero) is 1. The Balaban J connectivity index is 1.92. The van der Waals surface area contributed by atoms with E-state index in [9.17, 15) is 9.18 Å². The predicted molar refractivity (Wildman–Crippen MR) is 122 cm³/mol. The van der Waals surface area contributed by atoms with Crippen LogP contribution in [0, 0.1) is 5.82 Å². The molecule has 3 heteroatoms. The first-order chi connectivity index (χ1) is 14.2. The van der Waals surface area contributed by atoms with Crippen molar-refractivity contribution < 1.29 is 9.18 Å². The van der Waals surface area contributed by atoms with E-state index < -0.39 is 7.26 Å². The number of halogens is 1. The van der Waals surface area contributed by atoms with Crippen LogP contribution in [0.5, 0.6) is 0 Å². The maximum atomic E-state index is 13.4. The molecule has 0 aliphatic carbocycles. The van der Waals surface area contributed by atoms with Crippen LogP contribution in [0.1, 0.15) is 10.4 Å². The molecule has 0 aliphatic heterocycles. The Labute approximate surface area is 171 Å². The van der Waals surface area contributed by atoms with Crippen LogP contribution in [0.3, 0.4) is 0 Å². The Morgan fingerprint density at radius 2 is 0.966 bits per heavy atom. The second-order valence-corrected chi connectivity index (χ2v) is 11.0. The van der Waals surface area contributed by atoms with Crippen LogP contribution in [-0.2, 0) is 0 Å². The molecule has 4 rings (SSSR count). The van der Waals surface area contributed by atoms with E-state index in [-0.39, 0.29) is 11.6 Å². The van der Waals surface area contributed by atoms with Gasteiger partial charge in [0.1, 0.15) is 0 Å². The van der Waals surface area contributed by atoms with E-state index in [0.29, 0.717) is 11.7 Å². The van der Waals surface area contributed by atoms with Crippen LogP contribution in [-0.4, -0.2) is 11.9 Å². The van der Waals surface area contributed by atoms with Crippen LogP contribution in [0.25, 0.3) is 0 Å². The minimum absolute atomic E-state index is 0.0354. The second-order valence-electron chi connectivity index (χ2n) is 7.11. The third-order valence-electron chi connectivity index (χ3n) is 5.39. The Bertz CT molecular complexity index is 981. The van der Waals surface area contributed by atoms with Gasteiger partial charge in [0.2, 0.25) is 0 Å². The van der Waals surface area contributed by atoms with Gasteiger partial charge in [0, 0.05) is 0 Å². The topological polar surface area (TPSA) is 17.1 Å². The SMILES string of the molecule is O=C(C[PH](c1ccccc1)(c1ccccc1)c1ccccc1)c1ccc(F)cc1. The molecular weight excluding hydrogens is 378 g/mol. The van der Waals surface area contributed by atoms with Crippen LogP contribution in [0.15, 0.2) is 115 Å². The number of carbonyl (C=O) groups excluding carboxylic acids is 1. The molecule has 144 valence electrons. The van der Waals surface area contributed by atoms with Crippen molar-refractivity contribution in [2.45, 2.75) is 0 Å². The van der Waals surface area contributed by atoms with Crippen molar-refractivity contribution in [2.24, 2.45) is 0 Å². The Morgan fingerprint density at radius 3 is 1.34 bits per heavy atom. The first kappa shape index (κ1) is 19.2. The molecule has 0 heterocycles. The summed E-state index contributed by atoms with van der Waals surface area (Å²) in [5.74, 6) is -0.299. The molecule has 0 saturated carbocycles. The molecule has 0 atom stereocenters. The molecule has 0 aromatic heterocycles. The summed E-state index contributed by atoms with van der Waals surface area (Å²) in [4.78, 5) is 13.4. The Morgan fingerprint density at radius 1 is 0.586 bits per heavy atom. The maximum absolute atomic E-state index is 13.4. The molecule has 0 N–H and O–H groups in total. The molecule has 0 aliphatic rings. The fourth-order valence-corrected chi connectivity index (χ4v) is 8.54. The summed E-state index contributed by atoms with van der Waals surface area (Å²) >= 11 is 0. The quantitative estimate of drug-likeness (QED) is 0.338. The fraction of sp³-hybridized carbons (Fsp3) is 0.0385. The third kappa shape index (κ3) is 3.90. The molecule has 1 nitrogen and oxygen atoms in total. The van der Waals surface area contributed by atoms with E-state index in [1.54, 1.807) is 12.1 Å². The molecule has 0 fully saturated rings. The van der Waals surface area contributed by atoms with Gasteiger partial charge in [-0.05, 0) is 0 Å². The average Bonchev–Trinajstić information content (AvgIpc) is 2.79. The van der Waals surface area contributed by atoms with Gasteiger partial charge in [-0.15, -0.1) is 0 Å². The minimum atomic E-state index is -2.63. The summed E-state index contributed by atoms with van der Waals surface area (Å²) in [5, 5.41) is 3.56. The van der Waals surface area contributed by atoms with E-state index in [1.165, 1.54) is 28.0 Å². The Kier molecular flexibility index (Phi) is 5.64. The van der Waals surface area contributed by atoms with E-state index in [0.717, 1.165) is 0 Å². The van der Waals surface area contributed by atoms with Crippen molar-refractivity contribution in [3.63, 3.8) is 0 Å². The molecule has 0 saturated heterocycles. The zero-order chi connectivity index (χ0) is 20.1. The van der Waals surface area contributed by atoms with E-state index in [2.05, 4.69) is 36.4 Å². The molecule has 0 amide bonds. The van der Waals surface area contributed by atoms with Crippen LogP contribution >= 0.6 is 7.26 Å². The molecule has 29 heavy (non-hydrogen) atoms. The standard InChI is InChI=1S/C26H22FOP/c27-22-18-16-21(17-19-22)26(28)20-29(23-10-4-1-5-11-23,24-12-6-2-7-13-24)25-14-8-3-9-15-25/h1-19,29H,20H2. The molecule has 0 bridgehead atoms. The van der Waals surface area contributed by atoms with Gasteiger partial charge in [-0.1, -0.05) is 0 Å². The average molecular weight is 400 g/mol. The van der Waals surface area contributed by atoms with Crippen molar-refractivity contribution in [3.05, 3.63) is 127 Å². The van der Waals surface area contributed by atoms with Crippen molar-refractivity contribution >= 4 is 29.0 Å². The summed E-state index contributed by atoms with van der Waals surface area (Å²) in [7, 11) is -2.63. The third-order valence-corrected chi connectivity index (χ3v) is 10.2. The van der Waals surface area contributed by atoms with Gasteiger partial charge in [0.05, 0.1) is 0 Å². The van der Waals surface area contributed by atoms with Gasteiger partial charge >= 0.3 is 171 Å². The van der Waals surface area contributed by atoms with Crippen molar-refractivity contribution in [1.29, 1.82) is 0 Å². The zero-order valence-corrected chi connectivity index (χ0v) is 17.0. The first-order valence-electron chi connectivity index (χ1n) is 9.65. The number of hydrogen-bond donors (Lipinski definition) is 0. The van der Waals surface area contributed by atoms with Gasteiger partial charge < -0.3 is 0 Å². The normalized spacial score (nSPS) is 11.8. The second kappa shape index (κ2) is 8.51. The van der Waals surface area contributed by atoms with Gasteiger partial charge in [-0.2, -0.15) is 0 Å². The monoisotopic (exact) mass is 400 g/mol. The van der Waals surface area contributed by atoms with Gasteiger partial charge in [0.15, 0.2) is 0 Å². The van der Waals surface area contributed by atoms with Crippen LogP contribution < -0.4 is 15.9 Å². The summed E-state index contributed by atoms with van der Waals surface area (Å²) in [5.41, 5.74) is 0.547.